The Balaban J connectivity index is 1.54. The van der Waals surface area contributed by atoms with E-state index in [1.165, 1.54) is 11.3 Å². The van der Waals surface area contributed by atoms with Gasteiger partial charge in [-0.15, -0.1) is 11.3 Å². The molecule has 2 atom stereocenters. The van der Waals surface area contributed by atoms with E-state index < -0.39 is 0 Å². The Hall–Kier alpha value is -1.50. The molecule has 5 nitrogen and oxygen atoms in total. The molecular weight excluding hydrogens is 322 g/mol. The van der Waals surface area contributed by atoms with E-state index in [9.17, 15) is 4.79 Å². The van der Waals surface area contributed by atoms with Crippen LogP contribution >= 0.6 is 11.3 Å². The molecule has 24 heavy (non-hydrogen) atoms. The number of pyridine rings is 1. The molecule has 2 aromatic heterocycles. The molecule has 2 unspecified atom stereocenters. The molecule has 4 rings (SSSR count). The summed E-state index contributed by atoms with van der Waals surface area (Å²) >= 11 is 1.64. The molecule has 1 aliphatic carbocycles. The van der Waals surface area contributed by atoms with Gasteiger partial charge in [0.15, 0.2) is 0 Å². The highest BCUT2D eigenvalue weighted by atomic mass is 32.1. The maximum absolute atomic E-state index is 12.4. The fraction of sp³-hybridized carbons (Fsp3) is 0.556. The highest BCUT2D eigenvalue weighted by Crippen LogP contribution is 2.22. The highest BCUT2D eigenvalue weighted by molar-refractivity contribution is 7.09. The van der Waals surface area contributed by atoms with Gasteiger partial charge in [-0.2, -0.15) is 0 Å². The smallest absolute Gasteiger partial charge is 0.251 e. The second kappa shape index (κ2) is 6.78. The van der Waals surface area contributed by atoms with Gasteiger partial charge in [-0.05, 0) is 38.2 Å². The first-order valence-corrected chi connectivity index (χ1v) is 9.53. The standard InChI is InChI=1S/C18H23N3O2S/c1-12-19-16(11-24-12)9-21-17-4-3-14(20-15-6-7-23-10-15)8-13(17)2-5-18(21)22/h2,5,11,14-15,20H,3-4,6-10H2,1H3. The molecule has 128 valence electrons. The predicted molar refractivity (Wildman–Crippen MR) is 94.8 cm³/mol. The van der Waals surface area contributed by atoms with Crippen LogP contribution in [0.4, 0.5) is 0 Å². The average Bonchev–Trinajstić information content (AvgIpc) is 3.22. The number of nitrogens with zero attached hydrogens (tertiary/aromatic N) is 2. The lowest BCUT2D eigenvalue weighted by Gasteiger charge is -2.29. The van der Waals surface area contributed by atoms with Gasteiger partial charge in [0.05, 0.1) is 23.9 Å². The first-order chi connectivity index (χ1) is 11.7. The van der Waals surface area contributed by atoms with Gasteiger partial charge in [-0.1, -0.05) is 6.07 Å². The number of thiazole rings is 1. The number of ether oxygens (including phenoxy) is 1. The van der Waals surface area contributed by atoms with Crippen LogP contribution in [0, 0.1) is 6.92 Å². The largest absolute Gasteiger partial charge is 0.380 e. The van der Waals surface area contributed by atoms with Crippen molar-refractivity contribution in [3.8, 4) is 0 Å². The van der Waals surface area contributed by atoms with Gasteiger partial charge in [0, 0.05) is 35.8 Å². The number of fused-ring (bicyclic) bond motifs is 1. The SMILES string of the molecule is Cc1nc(Cn2c3c(ccc2=O)CC(NC2CCOC2)CC3)cs1. The minimum atomic E-state index is 0.0787. The molecule has 0 bridgehead atoms. The van der Waals surface area contributed by atoms with Gasteiger partial charge < -0.3 is 14.6 Å². The third kappa shape index (κ3) is 3.31. The average molecular weight is 345 g/mol. The number of hydrogen-bond acceptors (Lipinski definition) is 5. The van der Waals surface area contributed by atoms with Crippen LogP contribution in [0.25, 0.3) is 0 Å². The lowest BCUT2D eigenvalue weighted by Crippen LogP contribution is -2.43. The van der Waals surface area contributed by atoms with Crippen molar-refractivity contribution < 1.29 is 4.74 Å². The molecule has 0 radical (unpaired) electrons. The van der Waals surface area contributed by atoms with Crippen molar-refractivity contribution in [2.24, 2.45) is 0 Å². The van der Waals surface area contributed by atoms with Crippen molar-refractivity contribution >= 4 is 11.3 Å². The second-order valence-corrected chi connectivity index (χ2v) is 7.82. The Morgan fingerprint density at radius 2 is 2.29 bits per heavy atom. The summed E-state index contributed by atoms with van der Waals surface area (Å²) in [6.07, 6.45) is 4.11. The monoisotopic (exact) mass is 345 g/mol. The lowest BCUT2D eigenvalue weighted by atomic mass is 9.90. The van der Waals surface area contributed by atoms with Crippen LogP contribution in [0.2, 0.25) is 0 Å². The number of rotatable bonds is 4. The lowest BCUT2D eigenvalue weighted by molar-refractivity contribution is 0.187. The maximum atomic E-state index is 12.4. The maximum Gasteiger partial charge on any atom is 0.251 e. The Kier molecular flexibility index (Phi) is 4.52. The summed E-state index contributed by atoms with van der Waals surface area (Å²) in [6, 6.07) is 4.69. The molecule has 6 heteroatoms. The van der Waals surface area contributed by atoms with Crippen LogP contribution in [-0.2, 0) is 24.1 Å². The molecule has 0 aromatic carbocycles. The Labute approximate surface area is 145 Å². The number of hydrogen-bond donors (Lipinski definition) is 1. The molecule has 2 aliphatic rings. The van der Waals surface area contributed by atoms with E-state index in [1.807, 2.05) is 17.6 Å². The van der Waals surface area contributed by atoms with Crippen LogP contribution < -0.4 is 10.9 Å². The van der Waals surface area contributed by atoms with Crippen molar-refractivity contribution in [2.45, 2.75) is 51.2 Å². The quantitative estimate of drug-likeness (QED) is 0.919. The predicted octanol–water partition coefficient (Wildman–Crippen LogP) is 1.90. The summed E-state index contributed by atoms with van der Waals surface area (Å²) in [5.41, 5.74) is 3.55. The molecule has 1 N–H and O–H groups in total. The molecule has 0 amide bonds. The van der Waals surface area contributed by atoms with Gasteiger partial charge in [0.25, 0.3) is 5.56 Å². The molecule has 0 spiro atoms. The van der Waals surface area contributed by atoms with Gasteiger partial charge in [-0.25, -0.2) is 4.98 Å². The summed E-state index contributed by atoms with van der Waals surface area (Å²) in [4.78, 5) is 16.9. The highest BCUT2D eigenvalue weighted by Gasteiger charge is 2.25. The third-order valence-corrected chi connectivity index (χ3v) is 5.80. The van der Waals surface area contributed by atoms with Crippen LogP contribution in [0.5, 0.6) is 0 Å². The van der Waals surface area contributed by atoms with E-state index in [0.717, 1.165) is 49.6 Å². The molecule has 1 aliphatic heterocycles. The van der Waals surface area contributed by atoms with Gasteiger partial charge in [-0.3, -0.25) is 4.79 Å². The molecular formula is C18H23N3O2S. The molecule has 1 saturated heterocycles. The summed E-state index contributed by atoms with van der Waals surface area (Å²) in [5.74, 6) is 0. The number of aryl methyl sites for hydroxylation is 1. The van der Waals surface area contributed by atoms with Gasteiger partial charge in [0.1, 0.15) is 0 Å². The van der Waals surface area contributed by atoms with E-state index in [2.05, 4.69) is 15.7 Å². The van der Waals surface area contributed by atoms with E-state index in [0.29, 0.717) is 18.6 Å². The Morgan fingerprint density at radius 1 is 1.38 bits per heavy atom. The van der Waals surface area contributed by atoms with Gasteiger partial charge in [0.2, 0.25) is 0 Å². The summed E-state index contributed by atoms with van der Waals surface area (Å²) in [5, 5.41) is 6.82. The normalized spacial score (nSPS) is 23.4. The second-order valence-electron chi connectivity index (χ2n) is 6.75. The fourth-order valence-corrected chi connectivity index (χ4v) is 4.39. The van der Waals surface area contributed by atoms with Crippen LogP contribution in [0.3, 0.4) is 0 Å². The van der Waals surface area contributed by atoms with Crippen LogP contribution in [0.1, 0.15) is 34.8 Å². The molecule has 1 fully saturated rings. The van der Waals surface area contributed by atoms with E-state index in [-0.39, 0.29) is 5.56 Å². The van der Waals surface area contributed by atoms with E-state index in [4.69, 9.17) is 4.74 Å². The Morgan fingerprint density at radius 3 is 3.04 bits per heavy atom. The van der Waals surface area contributed by atoms with E-state index >= 15 is 0 Å². The third-order valence-electron chi connectivity index (χ3n) is 4.97. The molecule has 0 saturated carbocycles. The summed E-state index contributed by atoms with van der Waals surface area (Å²) in [7, 11) is 0. The van der Waals surface area contributed by atoms with Crippen LogP contribution in [0.15, 0.2) is 22.3 Å². The first-order valence-electron chi connectivity index (χ1n) is 8.65. The first kappa shape index (κ1) is 16.0. The zero-order chi connectivity index (χ0) is 16.5. The Bertz CT molecular complexity index is 777. The van der Waals surface area contributed by atoms with Crippen molar-refractivity contribution in [2.75, 3.05) is 13.2 Å². The number of aromatic nitrogens is 2. The van der Waals surface area contributed by atoms with Crippen molar-refractivity contribution in [1.29, 1.82) is 0 Å². The van der Waals surface area contributed by atoms with Crippen molar-refractivity contribution in [3.05, 3.63) is 49.8 Å². The minimum absolute atomic E-state index is 0.0787. The molecule has 3 heterocycles. The van der Waals surface area contributed by atoms with Gasteiger partial charge >= 0.3 is 0 Å². The fourth-order valence-electron chi connectivity index (χ4n) is 3.78. The van der Waals surface area contributed by atoms with Crippen LogP contribution in [-0.4, -0.2) is 34.8 Å². The van der Waals surface area contributed by atoms with Crippen molar-refractivity contribution in [1.82, 2.24) is 14.9 Å². The van der Waals surface area contributed by atoms with Crippen molar-refractivity contribution in [3.63, 3.8) is 0 Å². The van der Waals surface area contributed by atoms with E-state index in [1.54, 1.807) is 17.4 Å². The summed E-state index contributed by atoms with van der Waals surface area (Å²) < 4.78 is 7.37. The number of nitrogens with one attached hydrogen (secondary N) is 1. The summed E-state index contributed by atoms with van der Waals surface area (Å²) in [6.45, 7) is 4.28. The zero-order valence-corrected chi connectivity index (χ0v) is 14.8. The zero-order valence-electron chi connectivity index (χ0n) is 14.0. The molecule has 2 aromatic rings. The minimum Gasteiger partial charge on any atom is -0.380 e. The topological polar surface area (TPSA) is 56.2 Å².